The topological polar surface area (TPSA) is 64.4 Å². The van der Waals surface area contributed by atoms with Gasteiger partial charge < -0.3 is 10.1 Å². The van der Waals surface area contributed by atoms with Gasteiger partial charge in [-0.15, -0.1) is 0 Å². The van der Waals surface area contributed by atoms with E-state index in [1.54, 1.807) is 12.1 Å². The van der Waals surface area contributed by atoms with Crippen molar-refractivity contribution in [1.29, 1.82) is 0 Å². The van der Waals surface area contributed by atoms with Crippen LogP contribution < -0.4 is 10.1 Å². The van der Waals surface area contributed by atoms with Crippen molar-refractivity contribution in [2.24, 2.45) is 5.92 Å². The van der Waals surface area contributed by atoms with Crippen LogP contribution in [0, 0.1) is 16.0 Å². The number of benzene rings is 1. The highest BCUT2D eigenvalue weighted by molar-refractivity contribution is 5.48. The van der Waals surface area contributed by atoms with Crippen LogP contribution in [0.1, 0.15) is 37.7 Å². The Bertz CT molecular complexity index is 496. The summed E-state index contributed by atoms with van der Waals surface area (Å²) in [6.07, 6.45) is 6.03. The first-order chi connectivity index (χ1) is 9.72. The number of nitrogens with zero attached hydrogens (tertiary/aromatic N) is 1. The molecule has 5 nitrogen and oxygen atoms in total. The number of hydrogen-bond donors (Lipinski definition) is 1. The molecule has 1 aromatic rings. The summed E-state index contributed by atoms with van der Waals surface area (Å²) in [6.45, 7) is 1.29. The second kappa shape index (κ2) is 5.79. The van der Waals surface area contributed by atoms with Gasteiger partial charge in [-0.05, 0) is 43.2 Å². The molecular formula is C15H20N2O3. The van der Waals surface area contributed by atoms with Gasteiger partial charge >= 0.3 is 5.69 Å². The van der Waals surface area contributed by atoms with Gasteiger partial charge in [0, 0.05) is 18.7 Å². The molecule has 2 saturated carbocycles. The molecule has 0 aromatic heterocycles. The Morgan fingerprint density at radius 1 is 1.30 bits per heavy atom. The molecule has 1 aromatic carbocycles. The minimum atomic E-state index is -0.350. The highest BCUT2D eigenvalue weighted by atomic mass is 16.6. The molecule has 0 unspecified atom stereocenters. The summed E-state index contributed by atoms with van der Waals surface area (Å²) in [5.74, 6) is 0.975. The van der Waals surface area contributed by atoms with Crippen LogP contribution in [-0.4, -0.2) is 17.6 Å². The van der Waals surface area contributed by atoms with E-state index in [1.807, 2.05) is 6.07 Å². The van der Waals surface area contributed by atoms with Crippen molar-refractivity contribution in [3.63, 3.8) is 0 Å². The second-order valence-corrected chi connectivity index (χ2v) is 5.82. The third-order valence-electron chi connectivity index (χ3n) is 4.09. The lowest BCUT2D eigenvalue weighted by Gasteiger charge is -2.25. The van der Waals surface area contributed by atoms with Crippen molar-refractivity contribution >= 4 is 5.69 Å². The number of nitro groups is 1. The summed E-state index contributed by atoms with van der Waals surface area (Å²) in [5.41, 5.74) is 1.03. The molecule has 2 aliphatic carbocycles. The van der Waals surface area contributed by atoms with Gasteiger partial charge in [-0.25, -0.2) is 0 Å². The average Bonchev–Trinajstić information content (AvgIpc) is 3.19. The van der Waals surface area contributed by atoms with E-state index in [0.29, 0.717) is 30.9 Å². The van der Waals surface area contributed by atoms with E-state index in [1.165, 1.54) is 32.1 Å². The van der Waals surface area contributed by atoms with E-state index in [9.17, 15) is 10.1 Å². The molecule has 0 atom stereocenters. The third kappa shape index (κ3) is 3.28. The lowest BCUT2D eigenvalue weighted by Crippen LogP contribution is -2.19. The van der Waals surface area contributed by atoms with Gasteiger partial charge in [-0.2, -0.15) is 0 Å². The maximum absolute atomic E-state index is 11.2. The molecule has 2 fully saturated rings. The molecule has 0 aliphatic heterocycles. The summed E-state index contributed by atoms with van der Waals surface area (Å²) in [4.78, 5) is 10.8. The zero-order valence-corrected chi connectivity index (χ0v) is 11.5. The van der Waals surface area contributed by atoms with Gasteiger partial charge in [0.2, 0.25) is 0 Å². The summed E-state index contributed by atoms with van der Waals surface area (Å²) < 4.78 is 5.63. The molecule has 108 valence electrons. The predicted molar refractivity (Wildman–Crippen MR) is 75.8 cm³/mol. The van der Waals surface area contributed by atoms with Gasteiger partial charge in [-0.1, -0.05) is 12.5 Å². The highest BCUT2D eigenvalue weighted by Crippen LogP contribution is 2.32. The Labute approximate surface area is 118 Å². The Morgan fingerprint density at radius 3 is 2.70 bits per heavy atom. The number of rotatable bonds is 7. The second-order valence-electron chi connectivity index (χ2n) is 5.82. The zero-order chi connectivity index (χ0) is 13.9. The lowest BCUT2D eigenvalue weighted by atomic mass is 9.86. The van der Waals surface area contributed by atoms with Crippen molar-refractivity contribution in [2.45, 2.75) is 44.7 Å². The maximum atomic E-state index is 11.2. The van der Waals surface area contributed by atoms with E-state index >= 15 is 0 Å². The fourth-order valence-electron chi connectivity index (χ4n) is 2.35. The quantitative estimate of drug-likeness (QED) is 0.614. The van der Waals surface area contributed by atoms with Crippen LogP contribution in [0.5, 0.6) is 5.75 Å². The van der Waals surface area contributed by atoms with Crippen LogP contribution in [0.2, 0.25) is 0 Å². The predicted octanol–water partition coefficient (Wildman–Crippen LogP) is 3.03. The van der Waals surface area contributed by atoms with Crippen LogP contribution in [-0.2, 0) is 6.54 Å². The van der Waals surface area contributed by atoms with Gasteiger partial charge in [-0.3, -0.25) is 10.1 Å². The highest BCUT2D eigenvalue weighted by Gasteiger charge is 2.23. The summed E-state index contributed by atoms with van der Waals surface area (Å²) in [7, 11) is 0. The van der Waals surface area contributed by atoms with Crippen LogP contribution >= 0.6 is 0 Å². The van der Waals surface area contributed by atoms with Crippen molar-refractivity contribution in [3.05, 3.63) is 33.9 Å². The number of nitro benzene ring substituents is 1. The first kappa shape index (κ1) is 13.4. The number of hydrogen-bond acceptors (Lipinski definition) is 4. The molecule has 0 heterocycles. The van der Waals surface area contributed by atoms with Crippen molar-refractivity contribution < 1.29 is 9.66 Å². The molecule has 0 radical (unpaired) electrons. The van der Waals surface area contributed by atoms with Crippen LogP contribution in [0.15, 0.2) is 18.2 Å². The molecule has 0 bridgehead atoms. The largest absolute Gasteiger partial charge is 0.487 e. The molecule has 5 heteroatoms. The molecule has 0 saturated heterocycles. The van der Waals surface area contributed by atoms with Gasteiger partial charge in [0.25, 0.3) is 0 Å². The van der Waals surface area contributed by atoms with E-state index in [-0.39, 0.29) is 10.6 Å². The van der Waals surface area contributed by atoms with Crippen LogP contribution in [0.4, 0.5) is 5.69 Å². The fraction of sp³-hybridized carbons (Fsp3) is 0.600. The summed E-state index contributed by atoms with van der Waals surface area (Å²) in [5, 5.41) is 14.5. The molecule has 1 N–H and O–H groups in total. The molecule has 0 spiro atoms. The minimum absolute atomic E-state index is 0.0828. The third-order valence-corrected chi connectivity index (χ3v) is 4.09. The average molecular weight is 276 g/mol. The SMILES string of the molecule is O=[N+]([O-])c1cc(CNC2CC2)ccc1OCC1CCC1. The molecule has 3 rings (SSSR count). The molecule has 20 heavy (non-hydrogen) atoms. The Hall–Kier alpha value is -1.62. The van der Waals surface area contributed by atoms with Crippen LogP contribution in [0.25, 0.3) is 0 Å². The number of ether oxygens (including phenoxy) is 1. The Kier molecular flexibility index (Phi) is 3.87. The Balaban J connectivity index is 1.65. The smallest absolute Gasteiger partial charge is 0.311 e. The van der Waals surface area contributed by atoms with E-state index in [2.05, 4.69) is 5.32 Å². The number of nitrogens with one attached hydrogen (secondary N) is 1. The molecular weight excluding hydrogens is 256 g/mol. The van der Waals surface area contributed by atoms with Gasteiger partial charge in [0.1, 0.15) is 0 Å². The lowest BCUT2D eigenvalue weighted by molar-refractivity contribution is -0.386. The summed E-state index contributed by atoms with van der Waals surface area (Å²) >= 11 is 0. The first-order valence-electron chi connectivity index (χ1n) is 7.36. The Morgan fingerprint density at radius 2 is 2.10 bits per heavy atom. The van der Waals surface area contributed by atoms with Crippen molar-refractivity contribution in [3.8, 4) is 5.75 Å². The zero-order valence-electron chi connectivity index (χ0n) is 11.5. The first-order valence-corrected chi connectivity index (χ1v) is 7.36. The van der Waals surface area contributed by atoms with Gasteiger partial charge in [0.15, 0.2) is 5.75 Å². The standard InChI is InChI=1S/C15H20N2O3/c18-17(19)14-8-12(9-16-13-5-6-13)4-7-15(14)20-10-11-2-1-3-11/h4,7-8,11,13,16H,1-3,5-6,9-10H2. The maximum Gasteiger partial charge on any atom is 0.311 e. The van der Waals surface area contributed by atoms with E-state index in [0.717, 1.165) is 5.56 Å². The van der Waals surface area contributed by atoms with Crippen LogP contribution in [0.3, 0.4) is 0 Å². The fourth-order valence-corrected chi connectivity index (χ4v) is 2.35. The van der Waals surface area contributed by atoms with E-state index < -0.39 is 0 Å². The van der Waals surface area contributed by atoms with Gasteiger partial charge in [0.05, 0.1) is 11.5 Å². The molecule has 0 amide bonds. The van der Waals surface area contributed by atoms with Crippen molar-refractivity contribution in [1.82, 2.24) is 5.32 Å². The minimum Gasteiger partial charge on any atom is -0.487 e. The summed E-state index contributed by atoms with van der Waals surface area (Å²) in [6, 6.07) is 5.88. The monoisotopic (exact) mass is 276 g/mol. The molecule has 2 aliphatic rings. The normalized spacial score (nSPS) is 18.6. The van der Waals surface area contributed by atoms with Crippen molar-refractivity contribution in [2.75, 3.05) is 6.61 Å². The van der Waals surface area contributed by atoms with E-state index in [4.69, 9.17) is 4.74 Å².